The van der Waals surface area contributed by atoms with E-state index in [0.29, 0.717) is 10.7 Å². The molecule has 12 heavy (non-hydrogen) atoms. The van der Waals surface area contributed by atoms with Gasteiger partial charge in [0.25, 0.3) is 0 Å². The number of hydrogen-bond donors (Lipinski definition) is 1. The molecule has 1 aromatic heterocycles. The predicted molar refractivity (Wildman–Crippen MR) is 45.1 cm³/mol. The first kappa shape index (κ1) is 8.73. The molecule has 0 spiro atoms. The Bertz CT molecular complexity index is 353. The summed E-state index contributed by atoms with van der Waals surface area (Å²) in [5, 5.41) is 19.2. The van der Waals surface area contributed by atoms with E-state index in [-0.39, 0.29) is 13.0 Å². The Balaban J connectivity index is 2.67. The molecule has 0 bridgehead atoms. The number of thiazole rings is 1. The molecule has 3 nitrogen and oxygen atoms in total. The van der Waals surface area contributed by atoms with Crippen LogP contribution in [0, 0.1) is 23.2 Å². The Hall–Kier alpha value is -1.36. The van der Waals surface area contributed by atoms with Crippen molar-refractivity contribution in [2.75, 3.05) is 0 Å². The summed E-state index contributed by atoms with van der Waals surface area (Å²) in [4.78, 5) is 3.99. The molecule has 0 aliphatic heterocycles. The molecule has 1 rings (SSSR count). The molecule has 0 saturated carbocycles. The first-order valence-electron chi connectivity index (χ1n) is 3.28. The molecule has 0 unspecified atom stereocenters. The van der Waals surface area contributed by atoms with Crippen molar-refractivity contribution >= 4 is 11.3 Å². The van der Waals surface area contributed by atoms with Gasteiger partial charge in [-0.25, -0.2) is 4.98 Å². The van der Waals surface area contributed by atoms with Crippen LogP contribution in [-0.2, 0) is 6.61 Å². The van der Waals surface area contributed by atoms with Crippen molar-refractivity contribution in [2.24, 2.45) is 0 Å². The molecule has 0 fully saturated rings. The minimum atomic E-state index is -0.0591. The van der Waals surface area contributed by atoms with Crippen LogP contribution in [0.3, 0.4) is 0 Å². The van der Waals surface area contributed by atoms with Crippen LogP contribution in [0.5, 0.6) is 0 Å². The number of nitriles is 1. The largest absolute Gasteiger partial charge is 0.390 e. The second kappa shape index (κ2) is 4.50. The fourth-order valence-electron chi connectivity index (χ4n) is 0.596. The van der Waals surface area contributed by atoms with Crippen LogP contribution in [0.1, 0.15) is 17.1 Å². The van der Waals surface area contributed by atoms with E-state index >= 15 is 0 Å². The maximum Gasteiger partial charge on any atom is 0.167 e. The maximum atomic E-state index is 8.67. The van der Waals surface area contributed by atoms with E-state index in [4.69, 9.17) is 10.4 Å². The van der Waals surface area contributed by atoms with Crippen LogP contribution in [0.2, 0.25) is 0 Å². The molecule has 0 radical (unpaired) electrons. The van der Waals surface area contributed by atoms with Gasteiger partial charge in [0.1, 0.15) is 0 Å². The Morgan fingerprint density at radius 2 is 2.50 bits per heavy atom. The lowest BCUT2D eigenvalue weighted by Gasteiger charge is -1.79. The van der Waals surface area contributed by atoms with Gasteiger partial charge in [0.05, 0.1) is 24.8 Å². The highest BCUT2D eigenvalue weighted by Crippen LogP contribution is 2.07. The predicted octanol–water partition coefficient (Wildman–Crippen LogP) is 0.901. The van der Waals surface area contributed by atoms with Gasteiger partial charge in [-0.2, -0.15) is 5.26 Å². The molecule has 1 heterocycles. The van der Waals surface area contributed by atoms with Crippen LogP contribution < -0.4 is 0 Å². The lowest BCUT2D eigenvalue weighted by Crippen LogP contribution is -1.81. The SMILES string of the molecule is N#CCC#Cc1nc(CO)cs1. The van der Waals surface area contributed by atoms with Crippen molar-refractivity contribution in [3.05, 3.63) is 16.1 Å². The first-order valence-corrected chi connectivity index (χ1v) is 4.16. The Morgan fingerprint density at radius 1 is 1.67 bits per heavy atom. The van der Waals surface area contributed by atoms with Crippen molar-refractivity contribution in [1.29, 1.82) is 5.26 Å². The Morgan fingerprint density at radius 3 is 3.08 bits per heavy atom. The van der Waals surface area contributed by atoms with Crippen LogP contribution in [0.15, 0.2) is 5.38 Å². The minimum absolute atomic E-state index is 0.0591. The van der Waals surface area contributed by atoms with Gasteiger partial charge in [-0.1, -0.05) is 5.92 Å². The van der Waals surface area contributed by atoms with Gasteiger partial charge in [0, 0.05) is 5.38 Å². The fraction of sp³-hybridized carbons (Fsp3) is 0.250. The van der Waals surface area contributed by atoms with Crippen molar-refractivity contribution in [2.45, 2.75) is 13.0 Å². The smallest absolute Gasteiger partial charge is 0.167 e. The zero-order valence-corrected chi connectivity index (χ0v) is 7.06. The quantitative estimate of drug-likeness (QED) is 0.650. The zero-order valence-electron chi connectivity index (χ0n) is 6.24. The summed E-state index contributed by atoms with van der Waals surface area (Å²) < 4.78 is 0. The van der Waals surface area contributed by atoms with Crippen molar-refractivity contribution in [1.82, 2.24) is 4.98 Å². The van der Waals surface area contributed by atoms with E-state index in [0.717, 1.165) is 0 Å². The zero-order chi connectivity index (χ0) is 8.81. The number of nitrogens with zero attached hydrogens (tertiary/aromatic N) is 2. The summed E-state index contributed by atoms with van der Waals surface area (Å²) in [7, 11) is 0. The molecule has 4 heteroatoms. The van der Waals surface area contributed by atoms with Crippen LogP contribution >= 0.6 is 11.3 Å². The highest BCUT2D eigenvalue weighted by atomic mass is 32.1. The van der Waals surface area contributed by atoms with E-state index in [1.165, 1.54) is 11.3 Å². The molecule has 0 saturated heterocycles. The number of aliphatic hydroxyl groups is 1. The van der Waals surface area contributed by atoms with Gasteiger partial charge in [-0.05, 0) is 5.92 Å². The molecule has 0 amide bonds. The molecule has 1 aromatic rings. The minimum Gasteiger partial charge on any atom is -0.390 e. The van der Waals surface area contributed by atoms with E-state index in [2.05, 4.69) is 16.8 Å². The topological polar surface area (TPSA) is 56.9 Å². The summed E-state index contributed by atoms with van der Waals surface area (Å²) >= 11 is 1.37. The third-order valence-electron chi connectivity index (χ3n) is 1.08. The van der Waals surface area contributed by atoms with E-state index in [1.807, 2.05) is 6.07 Å². The van der Waals surface area contributed by atoms with Crippen molar-refractivity contribution in [3.63, 3.8) is 0 Å². The standard InChI is InChI=1S/C8H6N2OS/c9-4-2-1-3-8-10-7(5-11)6-12-8/h6,11H,2,5H2. The molecule has 0 aliphatic rings. The summed E-state index contributed by atoms with van der Waals surface area (Å²) in [5.41, 5.74) is 0.626. The number of rotatable bonds is 1. The molecular weight excluding hydrogens is 172 g/mol. The Kier molecular flexibility index (Phi) is 3.28. The molecular formula is C8H6N2OS. The molecule has 60 valence electrons. The average Bonchev–Trinajstić information content (AvgIpc) is 2.53. The molecule has 0 aromatic carbocycles. The Labute approximate surface area is 74.3 Å². The molecule has 0 aliphatic carbocycles. The second-order valence-electron chi connectivity index (χ2n) is 1.94. The maximum absolute atomic E-state index is 8.67. The lowest BCUT2D eigenvalue weighted by atomic mass is 10.4. The van der Waals surface area contributed by atoms with Gasteiger partial charge >= 0.3 is 0 Å². The van der Waals surface area contributed by atoms with Gasteiger partial charge in [0.2, 0.25) is 0 Å². The van der Waals surface area contributed by atoms with Gasteiger partial charge in [-0.15, -0.1) is 11.3 Å². The third kappa shape index (κ3) is 2.35. The fourth-order valence-corrected chi connectivity index (χ4v) is 1.27. The van der Waals surface area contributed by atoms with Gasteiger partial charge < -0.3 is 5.11 Å². The van der Waals surface area contributed by atoms with Gasteiger partial charge in [-0.3, -0.25) is 0 Å². The summed E-state index contributed by atoms with van der Waals surface area (Å²) in [6.45, 7) is -0.0591. The first-order chi connectivity index (χ1) is 5.86. The van der Waals surface area contributed by atoms with Gasteiger partial charge in [0.15, 0.2) is 5.01 Å². The monoisotopic (exact) mass is 178 g/mol. The highest BCUT2D eigenvalue weighted by molar-refractivity contribution is 7.10. The molecule has 1 N–H and O–H groups in total. The van der Waals surface area contributed by atoms with Crippen LogP contribution in [-0.4, -0.2) is 10.1 Å². The van der Waals surface area contributed by atoms with E-state index < -0.39 is 0 Å². The number of aliphatic hydroxyl groups excluding tert-OH is 1. The normalized spacial score (nSPS) is 8.33. The van der Waals surface area contributed by atoms with Crippen LogP contribution in [0.4, 0.5) is 0 Å². The number of hydrogen-bond acceptors (Lipinski definition) is 4. The summed E-state index contributed by atoms with van der Waals surface area (Å²) in [6.07, 6.45) is 0.216. The second-order valence-corrected chi connectivity index (χ2v) is 2.80. The molecule has 0 atom stereocenters. The summed E-state index contributed by atoms with van der Waals surface area (Å²) in [6, 6.07) is 1.91. The summed E-state index contributed by atoms with van der Waals surface area (Å²) in [5.74, 6) is 5.37. The van der Waals surface area contributed by atoms with E-state index in [9.17, 15) is 0 Å². The average molecular weight is 178 g/mol. The lowest BCUT2D eigenvalue weighted by molar-refractivity contribution is 0.277. The van der Waals surface area contributed by atoms with Crippen LogP contribution in [0.25, 0.3) is 0 Å². The van der Waals surface area contributed by atoms with E-state index in [1.54, 1.807) is 5.38 Å². The highest BCUT2D eigenvalue weighted by Gasteiger charge is 1.95. The van der Waals surface area contributed by atoms with Crippen molar-refractivity contribution < 1.29 is 5.11 Å². The third-order valence-corrected chi connectivity index (χ3v) is 1.88. The number of aromatic nitrogens is 1. The van der Waals surface area contributed by atoms with Crippen molar-refractivity contribution in [3.8, 4) is 17.9 Å².